The summed E-state index contributed by atoms with van der Waals surface area (Å²) in [6.45, 7) is 0.448. The van der Waals surface area contributed by atoms with E-state index in [-0.39, 0.29) is 17.7 Å². The molecule has 4 aliphatic rings. The van der Waals surface area contributed by atoms with Crippen molar-refractivity contribution in [2.45, 2.75) is 68.9 Å². The highest BCUT2D eigenvalue weighted by molar-refractivity contribution is 6.30. The molecule has 4 fully saturated rings. The van der Waals surface area contributed by atoms with E-state index in [0.717, 1.165) is 18.4 Å². The van der Waals surface area contributed by atoms with Gasteiger partial charge in [-0.15, -0.1) is 0 Å². The Balaban J connectivity index is 1.42. The van der Waals surface area contributed by atoms with Gasteiger partial charge in [0, 0.05) is 41.7 Å². The SMILES string of the molecule is CN(N=N)c1ccc(Cl)cc1/C=C/C(=O)N1CCC[C@@H](c2ccccc2)[C@H]1C(=O)NC12CCC(C(=O)O)(CC1)CC2. The first kappa shape index (κ1) is 28.8. The van der Waals surface area contributed by atoms with E-state index < -0.39 is 23.0 Å². The van der Waals surface area contributed by atoms with Crippen molar-refractivity contribution in [2.75, 3.05) is 18.6 Å². The first-order chi connectivity index (χ1) is 19.7. The largest absolute Gasteiger partial charge is 0.481 e. The fourth-order valence-electron chi connectivity index (χ4n) is 6.91. The van der Waals surface area contributed by atoms with Crippen LogP contribution in [0.4, 0.5) is 5.69 Å². The lowest BCUT2D eigenvalue weighted by molar-refractivity contribution is -0.157. The number of nitrogens with one attached hydrogen (secondary N) is 2. The molecule has 1 heterocycles. The maximum Gasteiger partial charge on any atom is 0.309 e. The molecule has 0 spiro atoms. The third-order valence-electron chi connectivity index (χ3n) is 9.39. The van der Waals surface area contributed by atoms with Crippen LogP contribution in [0.15, 0.2) is 59.8 Å². The summed E-state index contributed by atoms with van der Waals surface area (Å²) in [5.74, 6) is -1.36. The molecule has 2 atom stereocenters. The van der Waals surface area contributed by atoms with E-state index >= 15 is 0 Å². The Morgan fingerprint density at radius 2 is 1.78 bits per heavy atom. The number of fused-ring (bicyclic) bond motifs is 3. The average molecular weight is 578 g/mol. The number of piperidine rings is 1. The Morgan fingerprint density at radius 1 is 1.10 bits per heavy atom. The van der Waals surface area contributed by atoms with Crippen molar-refractivity contribution in [2.24, 2.45) is 10.6 Å². The number of likely N-dealkylation sites (tertiary alicyclic amines) is 1. The van der Waals surface area contributed by atoms with Gasteiger partial charge < -0.3 is 15.3 Å². The number of carbonyl (C=O) groups is 3. The fraction of sp³-hybridized carbons (Fsp3) is 0.452. The fourth-order valence-corrected chi connectivity index (χ4v) is 7.09. The lowest BCUT2D eigenvalue weighted by Gasteiger charge is -2.52. The number of amides is 2. The van der Waals surface area contributed by atoms with Crippen molar-refractivity contribution in [3.05, 3.63) is 70.8 Å². The van der Waals surface area contributed by atoms with E-state index in [4.69, 9.17) is 17.1 Å². The molecule has 10 heteroatoms. The van der Waals surface area contributed by atoms with Crippen molar-refractivity contribution < 1.29 is 19.5 Å². The van der Waals surface area contributed by atoms with Crippen molar-refractivity contribution in [3.8, 4) is 0 Å². The first-order valence-electron chi connectivity index (χ1n) is 14.2. The van der Waals surface area contributed by atoms with Gasteiger partial charge >= 0.3 is 5.97 Å². The van der Waals surface area contributed by atoms with E-state index in [1.54, 1.807) is 36.2 Å². The number of hydrogen-bond acceptors (Lipinski definition) is 5. The summed E-state index contributed by atoms with van der Waals surface area (Å²) >= 11 is 6.22. The molecule has 2 aromatic carbocycles. The average Bonchev–Trinajstić information content (AvgIpc) is 3.00. The standard InChI is InChI=1S/C31H36ClN5O4/c1-36(35-33)25-11-10-23(32)20-22(25)9-12-26(38)37-19-5-8-24(21-6-3-2-4-7-21)27(37)28(39)34-31-16-13-30(14-17-31,15-18-31)29(40)41/h2-4,6-7,9-12,20,24,27,33H,5,8,13-19H2,1H3,(H,34,39)(H,40,41)/b12-9+,35-33?/t24-,27-,30?,31?/m0/s1. The number of aliphatic carboxylic acids is 1. The van der Waals surface area contributed by atoms with Gasteiger partial charge in [0.2, 0.25) is 11.8 Å². The molecule has 9 nitrogen and oxygen atoms in total. The molecule has 1 saturated heterocycles. The molecule has 3 N–H and O–H groups in total. The summed E-state index contributed by atoms with van der Waals surface area (Å²) in [7, 11) is 1.64. The van der Waals surface area contributed by atoms with Gasteiger partial charge in [-0.25, -0.2) is 5.01 Å². The summed E-state index contributed by atoms with van der Waals surface area (Å²) in [6, 6.07) is 14.3. The smallest absolute Gasteiger partial charge is 0.309 e. The van der Waals surface area contributed by atoms with Crippen LogP contribution in [-0.4, -0.2) is 53.0 Å². The summed E-state index contributed by atoms with van der Waals surface area (Å²) in [4.78, 5) is 41.5. The van der Waals surface area contributed by atoms with Gasteiger partial charge in [-0.05, 0) is 81.2 Å². The van der Waals surface area contributed by atoms with Crippen molar-refractivity contribution in [3.63, 3.8) is 0 Å². The topological polar surface area (TPSA) is 126 Å². The molecule has 6 rings (SSSR count). The van der Waals surface area contributed by atoms with E-state index in [2.05, 4.69) is 10.5 Å². The minimum atomic E-state index is -0.734. The molecule has 1 aliphatic heterocycles. The van der Waals surface area contributed by atoms with Crippen molar-refractivity contribution in [1.82, 2.24) is 10.2 Å². The summed E-state index contributed by atoms with van der Waals surface area (Å²) in [5.41, 5.74) is 8.53. The van der Waals surface area contributed by atoms with Gasteiger partial charge in [0.15, 0.2) is 0 Å². The molecule has 2 bridgehead atoms. The minimum absolute atomic E-state index is 0.168. The van der Waals surface area contributed by atoms with E-state index in [0.29, 0.717) is 61.3 Å². The number of hydrogen-bond donors (Lipinski definition) is 3. The van der Waals surface area contributed by atoms with Gasteiger partial charge in [0.05, 0.1) is 11.1 Å². The maximum atomic E-state index is 14.2. The molecule has 0 radical (unpaired) electrons. The van der Waals surface area contributed by atoms with Crippen LogP contribution in [0.5, 0.6) is 0 Å². The van der Waals surface area contributed by atoms with Gasteiger partial charge in [-0.3, -0.25) is 14.4 Å². The number of carbonyl (C=O) groups excluding carboxylic acids is 2. The molecule has 0 aromatic heterocycles. The minimum Gasteiger partial charge on any atom is -0.481 e. The molecule has 3 saturated carbocycles. The van der Waals surface area contributed by atoms with Crippen molar-refractivity contribution in [1.29, 1.82) is 5.53 Å². The summed E-state index contributed by atoms with van der Waals surface area (Å²) in [5, 5.41) is 18.5. The third kappa shape index (κ3) is 5.73. The number of benzene rings is 2. The van der Waals surface area contributed by atoms with Crippen molar-refractivity contribution >= 4 is 41.1 Å². The molecule has 216 valence electrons. The number of rotatable bonds is 8. The van der Waals surface area contributed by atoms with Crippen LogP contribution in [0.1, 0.15) is 68.4 Å². The third-order valence-corrected chi connectivity index (χ3v) is 9.63. The normalized spacial score (nSPS) is 27.4. The Labute approximate surface area is 245 Å². The predicted molar refractivity (Wildman–Crippen MR) is 157 cm³/mol. The van der Waals surface area contributed by atoms with Gasteiger partial charge in [0.1, 0.15) is 6.04 Å². The van der Waals surface area contributed by atoms with Gasteiger partial charge in [-0.1, -0.05) is 47.2 Å². The van der Waals surface area contributed by atoms with Crippen LogP contribution >= 0.6 is 11.6 Å². The lowest BCUT2D eigenvalue weighted by Crippen LogP contribution is -2.63. The Bertz CT molecular complexity index is 1340. The van der Waals surface area contributed by atoms with Crippen LogP contribution in [0.2, 0.25) is 5.02 Å². The van der Waals surface area contributed by atoms with Crippen LogP contribution in [0.25, 0.3) is 6.08 Å². The van der Waals surface area contributed by atoms with Crippen LogP contribution in [0, 0.1) is 10.9 Å². The zero-order valence-corrected chi connectivity index (χ0v) is 23.9. The molecule has 3 aliphatic carbocycles. The molecule has 0 unspecified atom stereocenters. The van der Waals surface area contributed by atoms with Crippen LogP contribution < -0.4 is 10.3 Å². The second-order valence-electron chi connectivity index (χ2n) is 11.7. The van der Waals surface area contributed by atoms with Gasteiger partial charge in [-0.2, -0.15) is 5.53 Å². The monoisotopic (exact) mass is 577 g/mol. The predicted octanol–water partition coefficient (Wildman–Crippen LogP) is 5.80. The Kier molecular flexibility index (Phi) is 8.18. The molecule has 2 aromatic rings. The zero-order valence-electron chi connectivity index (χ0n) is 23.2. The molecule has 2 amide bonds. The van der Waals surface area contributed by atoms with E-state index in [1.165, 1.54) is 11.1 Å². The second kappa shape index (κ2) is 11.6. The Morgan fingerprint density at radius 3 is 2.41 bits per heavy atom. The number of carboxylic acids is 1. The van der Waals surface area contributed by atoms with E-state index in [1.807, 2.05) is 30.3 Å². The highest BCUT2D eigenvalue weighted by Crippen LogP contribution is 2.52. The molecule has 41 heavy (non-hydrogen) atoms. The quantitative estimate of drug-likeness (QED) is 0.207. The number of halogens is 1. The highest BCUT2D eigenvalue weighted by atomic mass is 35.5. The highest BCUT2D eigenvalue weighted by Gasteiger charge is 2.54. The number of anilines is 1. The second-order valence-corrected chi connectivity index (χ2v) is 12.1. The van der Waals surface area contributed by atoms with Gasteiger partial charge in [0.25, 0.3) is 0 Å². The van der Waals surface area contributed by atoms with Crippen LogP contribution in [0.3, 0.4) is 0 Å². The van der Waals surface area contributed by atoms with E-state index in [9.17, 15) is 19.5 Å². The first-order valence-corrected chi connectivity index (χ1v) is 14.5. The summed E-state index contributed by atoms with van der Waals surface area (Å²) < 4.78 is 0. The lowest BCUT2D eigenvalue weighted by atomic mass is 9.57. The molecular weight excluding hydrogens is 542 g/mol. The Hall–Kier alpha value is -3.72. The maximum absolute atomic E-state index is 14.2. The molecular formula is C31H36ClN5O4. The number of carboxylic acid groups (broad SMARTS) is 1. The number of nitrogens with zero attached hydrogens (tertiary/aromatic N) is 3. The zero-order chi connectivity index (χ0) is 29.2. The van der Waals surface area contributed by atoms with Crippen LogP contribution in [-0.2, 0) is 14.4 Å². The summed E-state index contributed by atoms with van der Waals surface area (Å²) in [6.07, 6.45) is 8.22.